The standard InChI is InChI=1S/C22H26F3N7O/c1-14-6-7-16(18(11-14)32-27-8-9-28-32)21(33)31-10-4-5-17(15(31)2)29-20-13-30(3)19(12-26-20)22(23,24)25/h6-9,11-13,15,17,19,29H,4-5,10H2,1-3H3/t15-,17+,19?/m0/s1. The van der Waals surface area contributed by atoms with Gasteiger partial charge < -0.3 is 15.1 Å². The zero-order chi connectivity index (χ0) is 23.8. The number of carbonyl (C=O) groups excluding carboxylic acids is 1. The summed E-state index contributed by atoms with van der Waals surface area (Å²) in [7, 11) is 1.37. The first-order valence-electron chi connectivity index (χ1n) is 10.7. The SMILES string of the molecule is Cc1ccc(C(=O)N2CCC[C@@H](NC3=CN(C)C(C(F)(F)F)C=N3)[C@@H]2C)c(-n2nccn2)c1. The molecule has 3 atom stereocenters. The van der Waals surface area contributed by atoms with Crippen molar-refractivity contribution in [3.8, 4) is 5.69 Å². The molecular formula is C22H26F3N7O. The van der Waals surface area contributed by atoms with Gasteiger partial charge in [0.05, 0.1) is 23.6 Å². The summed E-state index contributed by atoms with van der Waals surface area (Å²) in [6, 6.07) is 3.41. The van der Waals surface area contributed by atoms with E-state index in [1.54, 1.807) is 23.4 Å². The van der Waals surface area contributed by atoms with Gasteiger partial charge in [-0.05, 0) is 44.4 Å². The monoisotopic (exact) mass is 461 g/mol. The van der Waals surface area contributed by atoms with Crippen LogP contribution < -0.4 is 5.32 Å². The van der Waals surface area contributed by atoms with Crippen molar-refractivity contribution in [3.05, 3.63) is 53.7 Å². The molecule has 0 saturated carbocycles. The molecule has 0 radical (unpaired) electrons. The maximum absolute atomic E-state index is 13.5. The third-order valence-electron chi connectivity index (χ3n) is 6.05. The number of piperidine rings is 1. The van der Waals surface area contributed by atoms with Crippen molar-refractivity contribution in [2.75, 3.05) is 13.6 Å². The fourth-order valence-corrected chi connectivity index (χ4v) is 4.25. The van der Waals surface area contributed by atoms with Gasteiger partial charge in [0.1, 0.15) is 5.82 Å². The highest BCUT2D eigenvalue weighted by atomic mass is 19.4. The van der Waals surface area contributed by atoms with Gasteiger partial charge in [-0.25, -0.2) is 4.99 Å². The van der Waals surface area contributed by atoms with E-state index >= 15 is 0 Å². The molecule has 2 aliphatic rings. The van der Waals surface area contributed by atoms with Crippen LogP contribution in [0.5, 0.6) is 0 Å². The van der Waals surface area contributed by atoms with E-state index in [0.29, 0.717) is 23.6 Å². The van der Waals surface area contributed by atoms with Crippen LogP contribution in [0.3, 0.4) is 0 Å². The number of amides is 1. The number of alkyl halides is 3. The third-order valence-corrected chi connectivity index (χ3v) is 6.05. The Morgan fingerprint density at radius 3 is 2.61 bits per heavy atom. The Morgan fingerprint density at radius 2 is 1.94 bits per heavy atom. The predicted octanol–water partition coefficient (Wildman–Crippen LogP) is 2.90. The van der Waals surface area contributed by atoms with Gasteiger partial charge in [0, 0.05) is 38.1 Å². The summed E-state index contributed by atoms with van der Waals surface area (Å²) in [6.45, 7) is 4.45. The zero-order valence-corrected chi connectivity index (χ0v) is 18.6. The molecule has 0 spiro atoms. The molecule has 2 aliphatic heterocycles. The number of hydrogen-bond acceptors (Lipinski definition) is 6. The van der Waals surface area contributed by atoms with Crippen molar-refractivity contribution in [3.63, 3.8) is 0 Å². The number of nitrogens with zero attached hydrogens (tertiary/aromatic N) is 6. The Hall–Kier alpha value is -3.37. The lowest BCUT2D eigenvalue weighted by Gasteiger charge is -2.41. The first-order valence-corrected chi connectivity index (χ1v) is 10.7. The lowest BCUT2D eigenvalue weighted by Crippen LogP contribution is -2.54. The van der Waals surface area contributed by atoms with Crippen molar-refractivity contribution < 1.29 is 18.0 Å². The number of benzene rings is 1. The lowest BCUT2D eigenvalue weighted by molar-refractivity contribution is -0.154. The maximum Gasteiger partial charge on any atom is 0.413 e. The Morgan fingerprint density at radius 1 is 1.21 bits per heavy atom. The fraction of sp³-hybridized carbons (Fsp3) is 0.455. The van der Waals surface area contributed by atoms with Gasteiger partial charge >= 0.3 is 6.18 Å². The number of carbonyl (C=O) groups is 1. The van der Waals surface area contributed by atoms with Gasteiger partial charge in [0.25, 0.3) is 5.91 Å². The summed E-state index contributed by atoms with van der Waals surface area (Å²) in [5.41, 5.74) is 2.08. The molecule has 33 heavy (non-hydrogen) atoms. The average Bonchev–Trinajstić information content (AvgIpc) is 3.29. The highest BCUT2D eigenvalue weighted by Gasteiger charge is 2.42. The van der Waals surface area contributed by atoms with E-state index in [1.165, 1.54) is 18.0 Å². The Labute approximate surface area is 189 Å². The number of hydrogen-bond donors (Lipinski definition) is 1. The van der Waals surface area contributed by atoms with E-state index in [2.05, 4.69) is 20.5 Å². The van der Waals surface area contributed by atoms with E-state index in [4.69, 9.17) is 0 Å². The summed E-state index contributed by atoms with van der Waals surface area (Å²) in [5, 5.41) is 11.6. The van der Waals surface area contributed by atoms with Gasteiger partial charge in [-0.1, -0.05) is 6.07 Å². The van der Waals surface area contributed by atoms with Gasteiger partial charge in [-0.15, -0.1) is 0 Å². The van der Waals surface area contributed by atoms with Crippen LogP contribution in [-0.4, -0.2) is 74.8 Å². The molecule has 4 rings (SSSR count). The van der Waals surface area contributed by atoms with E-state index in [-0.39, 0.29) is 18.0 Å². The molecule has 176 valence electrons. The third kappa shape index (κ3) is 4.71. The average molecular weight is 461 g/mol. The first-order chi connectivity index (χ1) is 15.6. The van der Waals surface area contributed by atoms with Gasteiger partial charge in [-0.3, -0.25) is 4.79 Å². The van der Waals surface area contributed by atoms with Gasteiger partial charge in [0.15, 0.2) is 6.04 Å². The summed E-state index contributed by atoms with van der Waals surface area (Å²) in [6.07, 6.45) is 2.49. The van der Waals surface area contributed by atoms with Crippen molar-refractivity contribution in [1.82, 2.24) is 30.1 Å². The molecule has 1 unspecified atom stereocenters. The van der Waals surface area contributed by atoms with Crippen LogP contribution in [0.15, 0.2) is 47.6 Å². The van der Waals surface area contributed by atoms with Crippen LogP contribution in [0.4, 0.5) is 13.2 Å². The minimum absolute atomic E-state index is 0.142. The predicted molar refractivity (Wildman–Crippen MR) is 117 cm³/mol. The minimum Gasteiger partial charge on any atom is -0.364 e. The second kappa shape index (κ2) is 8.87. The number of rotatable bonds is 4. The Kier molecular flexibility index (Phi) is 6.13. The van der Waals surface area contributed by atoms with Crippen LogP contribution in [-0.2, 0) is 0 Å². The lowest BCUT2D eigenvalue weighted by atomic mass is 9.96. The second-order valence-corrected chi connectivity index (χ2v) is 8.42. The number of aliphatic imine (C=N–C) groups is 1. The van der Waals surface area contributed by atoms with Gasteiger partial charge in [0.2, 0.25) is 0 Å². The van der Waals surface area contributed by atoms with Crippen molar-refractivity contribution in [2.45, 2.75) is 51.0 Å². The Balaban J connectivity index is 1.52. The number of nitrogens with one attached hydrogen (secondary N) is 1. The maximum atomic E-state index is 13.5. The molecule has 1 fully saturated rings. The largest absolute Gasteiger partial charge is 0.413 e. The number of likely N-dealkylation sites (tertiary alicyclic amines) is 1. The molecule has 3 heterocycles. The van der Waals surface area contributed by atoms with Crippen LogP contribution in [0.2, 0.25) is 0 Å². The molecule has 0 aliphatic carbocycles. The molecule has 1 aromatic carbocycles. The van der Waals surface area contributed by atoms with Crippen LogP contribution in [0, 0.1) is 6.92 Å². The van der Waals surface area contributed by atoms with Crippen molar-refractivity contribution in [2.24, 2.45) is 4.99 Å². The number of halogens is 3. The minimum atomic E-state index is -4.39. The van der Waals surface area contributed by atoms with Crippen molar-refractivity contribution >= 4 is 12.1 Å². The van der Waals surface area contributed by atoms with Crippen LogP contribution >= 0.6 is 0 Å². The quantitative estimate of drug-likeness (QED) is 0.758. The van der Waals surface area contributed by atoms with Gasteiger partial charge in [-0.2, -0.15) is 28.2 Å². The first kappa shape index (κ1) is 22.8. The molecule has 1 amide bonds. The number of aryl methyl sites for hydroxylation is 1. The summed E-state index contributed by atoms with van der Waals surface area (Å²) < 4.78 is 39.2. The molecule has 1 aromatic heterocycles. The second-order valence-electron chi connectivity index (χ2n) is 8.42. The highest BCUT2D eigenvalue weighted by molar-refractivity contribution is 5.98. The molecular weight excluding hydrogens is 435 g/mol. The van der Waals surface area contributed by atoms with Crippen molar-refractivity contribution in [1.29, 1.82) is 0 Å². The summed E-state index contributed by atoms with van der Waals surface area (Å²) in [4.78, 5) is 21.8. The normalized spacial score (nSPS) is 23.5. The smallest absolute Gasteiger partial charge is 0.364 e. The summed E-state index contributed by atoms with van der Waals surface area (Å²) >= 11 is 0. The zero-order valence-electron chi connectivity index (χ0n) is 18.6. The fourth-order valence-electron chi connectivity index (χ4n) is 4.25. The van der Waals surface area contributed by atoms with E-state index in [1.807, 2.05) is 26.0 Å². The summed E-state index contributed by atoms with van der Waals surface area (Å²) in [5.74, 6) is 0.206. The molecule has 1 saturated heterocycles. The number of aromatic nitrogens is 3. The Bertz CT molecular complexity index is 1060. The molecule has 11 heteroatoms. The topological polar surface area (TPSA) is 78.7 Å². The van der Waals surface area contributed by atoms with E-state index in [9.17, 15) is 18.0 Å². The molecule has 2 aromatic rings. The van der Waals surface area contributed by atoms with E-state index < -0.39 is 12.2 Å². The van der Waals surface area contributed by atoms with Crippen LogP contribution in [0.25, 0.3) is 5.69 Å². The highest BCUT2D eigenvalue weighted by Crippen LogP contribution is 2.27. The molecule has 1 N–H and O–H groups in total. The van der Waals surface area contributed by atoms with Crippen LogP contribution in [0.1, 0.15) is 35.7 Å². The molecule has 0 bridgehead atoms. The van der Waals surface area contributed by atoms with E-state index in [0.717, 1.165) is 29.5 Å². The molecule has 8 nitrogen and oxygen atoms in total.